The normalized spacial score (nSPS) is 20.0. The average Bonchev–Trinajstić information content (AvgIpc) is 3.06. The Labute approximate surface area is 141 Å². The number of carbonyl (C=O) groups is 2. The first-order valence-corrected chi connectivity index (χ1v) is 8.56. The van der Waals surface area contributed by atoms with E-state index in [1.165, 1.54) is 5.56 Å². The van der Waals surface area contributed by atoms with Gasteiger partial charge in [0.05, 0.1) is 6.61 Å². The van der Waals surface area contributed by atoms with Gasteiger partial charge in [0.1, 0.15) is 5.75 Å². The first-order valence-electron chi connectivity index (χ1n) is 8.56. The fraction of sp³-hybridized carbons (Fsp3) is 0.474. The monoisotopic (exact) mass is 329 g/mol. The molecule has 1 aromatic rings. The Morgan fingerprint density at radius 2 is 2.25 bits per heavy atom. The summed E-state index contributed by atoms with van der Waals surface area (Å²) in [6.45, 7) is 2.15. The summed E-state index contributed by atoms with van der Waals surface area (Å²) in [5.74, 6) is 0.478. The lowest BCUT2D eigenvalue weighted by Gasteiger charge is -2.32. The van der Waals surface area contributed by atoms with E-state index in [0.717, 1.165) is 43.7 Å². The van der Waals surface area contributed by atoms with Crippen LogP contribution in [0.25, 0.3) is 6.08 Å². The molecule has 0 radical (unpaired) electrons. The number of hydrogen-bond acceptors (Lipinski definition) is 3. The van der Waals surface area contributed by atoms with Crippen LogP contribution in [-0.2, 0) is 16.0 Å². The second-order valence-corrected chi connectivity index (χ2v) is 6.52. The Kier molecular flexibility index (Phi) is 5.18. The molecule has 0 saturated carbocycles. The lowest BCUT2D eigenvalue weighted by molar-refractivity contribution is -0.137. The fourth-order valence-electron chi connectivity index (χ4n) is 3.41. The molecule has 0 bridgehead atoms. The molecule has 1 aromatic carbocycles. The van der Waals surface area contributed by atoms with E-state index in [1.54, 1.807) is 6.08 Å². The first-order chi connectivity index (χ1) is 11.6. The molecule has 1 unspecified atom stereocenters. The van der Waals surface area contributed by atoms with E-state index in [1.807, 2.05) is 23.1 Å². The Hall–Kier alpha value is -2.30. The van der Waals surface area contributed by atoms with Gasteiger partial charge in [0.25, 0.3) is 0 Å². The minimum atomic E-state index is -0.765. The maximum atomic E-state index is 12.4. The summed E-state index contributed by atoms with van der Waals surface area (Å²) in [6.07, 6.45) is 7.17. The molecular weight excluding hydrogens is 306 g/mol. The molecule has 1 N–H and O–H groups in total. The van der Waals surface area contributed by atoms with Gasteiger partial charge >= 0.3 is 5.97 Å². The topological polar surface area (TPSA) is 66.8 Å². The van der Waals surface area contributed by atoms with Gasteiger partial charge in [0.15, 0.2) is 0 Å². The van der Waals surface area contributed by atoms with Gasteiger partial charge in [-0.1, -0.05) is 6.07 Å². The van der Waals surface area contributed by atoms with Crippen molar-refractivity contribution in [2.24, 2.45) is 5.92 Å². The summed E-state index contributed by atoms with van der Waals surface area (Å²) in [5.41, 5.74) is 2.20. The molecule has 3 rings (SSSR count). The zero-order valence-corrected chi connectivity index (χ0v) is 13.7. The van der Waals surface area contributed by atoms with Gasteiger partial charge in [-0.15, -0.1) is 0 Å². The van der Waals surface area contributed by atoms with E-state index in [2.05, 4.69) is 6.07 Å². The van der Waals surface area contributed by atoms with Crippen molar-refractivity contribution in [3.8, 4) is 5.75 Å². The van der Waals surface area contributed by atoms with Gasteiger partial charge in [0, 0.05) is 32.0 Å². The van der Waals surface area contributed by atoms with Crippen molar-refractivity contribution in [1.82, 2.24) is 4.90 Å². The molecule has 5 nitrogen and oxygen atoms in total. The number of likely N-dealkylation sites (tertiary alicyclic amines) is 1. The van der Waals surface area contributed by atoms with E-state index in [4.69, 9.17) is 9.84 Å². The maximum absolute atomic E-state index is 12.4. The Balaban J connectivity index is 1.56. The minimum Gasteiger partial charge on any atom is -0.493 e. The molecule has 2 aliphatic heterocycles. The molecule has 0 spiro atoms. The van der Waals surface area contributed by atoms with E-state index >= 15 is 0 Å². The van der Waals surface area contributed by atoms with Crippen LogP contribution in [0.3, 0.4) is 0 Å². The van der Waals surface area contributed by atoms with Crippen LogP contribution < -0.4 is 4.74 Å². The second kappa shape index (κ2) is 7.51. The van der Waals surface area contributed by atoms with Crippen LogP contribution in [0.1, 0.15) is 36.8 Å². The largest absolute Gasteiger partial charge is 0.493 e. The number of benzene rings is 1. The zero-order chi connectivity index (χ0) is 16.9. The summed E-state index contributed by atoms with van der Waals surface area (Å²) >= 11 is 0. The molecule has 1 atom stereocenters. The molecular formula is C19H23NO4. The highest BCUT2D eigenvalue weighted by molar-refractivity contribution is 5.91. The second-order valence-electron chi connectivity index (χ2n) is 6.52. The number of ether oxygens (including phenoxy) is 1. The summed E-state index contributed by atoms with van der Waals surface area (Å²) in [5, 5.41) is 8.80. The van der Waals surface area contributed by atoms with Crippen LogP contribution in [-0.4, -0.2) is 41.6 Å². The summed E-state index contributed by atoms with van der Waals surface area (Å²) in [6, 6.07) is 5.98. The predicted molar refractivity (Wildman–Crippen MR) is 90.8 cm³/mol. The number of amides is 1. The summed E-state index contributed by atoms with van der Waals surface area (Å²) in [4.78, 5) is 24.9. The third-order valence-electron chi connectivity index (χ3n) is 4.73. The Bertz CT molecular complexity index is 653. The van der Waals surface area contributed by atoms with Crippen molar-refractivity contribution in [3.05, 3.63) is 35.4 Å². The molecule has 2 aliphatic rings. The van der Waals surface area contributed by atoms with Crippen LogP contribution in [0, 0.1) is 5.92 Å². The van der Waals surface area contributed by atoms with Gasteiger partial charge in [-0.2, -0.15) is 0 Å². The molecule has 0 aliphatic carbocycles. The van der Waals surface area contributed by atoms with E-state index in [-0.39, 0.29) is 12.3 Å². The van der Waals surface area contributed by atoms with Crippen LogP contribution in [0.2, 0.25) is 0 Å². The first kappa shape index (κ1) is 16.6. The molecule has 5 heteroatoms. The number of carbonyl (C=O) groups excluding carboxylic acids is 1. The molecule has 1 amide bonds. The van der Waals surface area contributed by atoms with Gasteiger partial charge in [-0.3, -0.25) is 9.59 Å². The lowest BCUT2D eigenvalue weighted by Crippen LogP contribution is -2.39. The van der Waals surface area contributed by atoms with Gasteiger partial charge in [-0.05, 0) is 54.5 Å². The predicted octanol–water partition coefficient (Wildman–Crippen LogP) is 2.74. The van der Waals surface area contributed by atoms with Crippen molar-refractivity contribution in [2.45, 2.75) is 32.1 Å². The van der Waals surface area contributed by atoms with Crippen molar-refractivity contribution >= 4 is 18.0 Å². The van der Waals surface area contributed by atoms with E-state index in [9.17, 15) is 9.59 Å². The standard InChI is InChI=1S/C19H23NO4/c21-18(20-10-1-2-15(13-20)5-8-19(22)23)7-4-14-3-6-17-16(12-14)9-11-24-17/h3-4,6-7,12,15H,1-2,5,8-11,13H2,(H,22,23)/b7-4+. The van der Waals surface area contributed by atoms with E-state index < -0.39 is 5.97 Å². The molecule has 1 saturated heterocycles. The van der Waals surface area contributed by atoms with Gasteiger partial charge in [0.2, 0.25) is 5.91 Å². The van der Waals surface area contributed by atoms with Crippen molar-refractivity contribution in [2.75, 3.05) is 19.7 Å². The third-order valence-corrected chi connectivity index (χ3v) is 4.73. The summed E-state index contributed by atoms with van der Waals surface area (Å²) < 4.78 is 5.48. The summed E-state index contributed by atoms with van der Waals surface area (Å²) in [7, 11) is 0. The molecule has 1 fully saturated rings. The maximum Gasteiger partial charge on any atom is 0.303 e. The SMILES string of the molecule is O=C(O)CCC1CCCN(C(=O)/C=C/c2ccc3c(c2)CCO3)C1. The minimum absolute atomic E-state index is 0.00627. The number of rotatable bonds is 5. The number of fused-ring (bicyclic) bond motifs is 1. The molecule has 128 valence electrons. The lowest BCUT2D eigenvalue weighted by atomic mass is 9.93. The number of carboxylic acids is 1. The van der Waals surface area contributed by atoms with Gasteiger partial charge < -0.3 is 14.7 Å². The molecule has 0 aromatic heterocycles. The quantitative estimate of drug-likeness (QED) is 0.844. The molecule has 2 heterocycles. The van der Waals surface area contributed by atoms with Crippen molar-refractivity contribution in [1.29, 1.82) is 0 Å². The Morgan fingerprint density at radius 3 is 3.08 bits per heavy atom. The molecule has 24 heavy (non-hydrogen) atoms. The van der Waals surface area contributed by atoms with Crippen LogP contribution in [0.5, 0.6) is 5.75 Å². The number of aliphatic carboxylic acids is 1. The third kappa shape index (κ3) is 4.16. The number of carboxylic acid groups (broad SMARTS) is 1. The van der Waals surface area contributed by atoms with Gasteiger partial charge in [-0.25, -0.2) is 0 Å². The van der Waals surface area contributed by atoms with Crippen LogP contribution in [0.15, 0.2) is 24.3 Å². The highest BCUT2D eigenvalue weighted by Gasteiger charge is 2.22. The van der Waals surface area contributed by atoms with Crippen molar-refractivity contribution < 1.29 is 19.4 Å². The Morgan fingerprint density at radius 1 is 1.38 bits per heavy atom. The zero-order valence-electron chi connectivity index (χ0n) is 13.7. The highest BCUT2D eigenvalue weighted by Crippen LogP contribution is 2.26. The van der Waals surface area contributed by atoms with E-state index in [0.29, 0.717) is 18.9 Å². The highest BCUT2D eigenvalue weighted by atomic mass is 16.5. The number of piperidine rings is 1. The number of hydrogen-bond donors (Lipinski definition) is 1. The fourth-order valence-corrected chi connectivity index (χ4v) is 3.41. The van der Waals surface area contributed by atoms with Crippen LogP contribution in [0.4, 0.5) is 0 Å². The average molecular weight is 329 g/mol. The van der Waals surface area contributed by atoms with Crippen LogP contribution >= 0.6 is 0 Å². The smallest absolute Gasteiger partial charge is 0.303 e. The number of nitrogens with zero attached hydrogens (tertiary/aromatic N) is 1. The van der Waals surface area contributed by atoms with Crippen molar-refractivity contribution in [3.63, 3.8) is 0 Å².